The van der Waals surface area contributed by atoms with E-state index in [2.05, 4.69) is 62.5 Å². The molecule has 0 aliphatic carbocycles. The zero-order chi connectivity index (χ0) is 47.1. The van der Waals surface area contributed by atoms with Crippen molar-refractivity contribution in [3.05, 3.63) is 48.6 Å². The Hall–Kier alpha value is -2.03. The van der Waals surface area contributed by atoms with Crippen molar-refractivity contribution in [2.24, 2.45) is 0 Å². The van der Waals surface area contributed by atoms with Crippen LogP contribution in [0.2, 0.25) is 0 Å². The molecule has 0 bridgehead atoms. The minimum absolute atomic E-state index is 0.0391. The maximum absolute atomic E-state index is 12.7. The largest absolute Gasteiger partial charge is 0.756 e. The van der Waals surface area contributed by atoms with E-state index in [1.165, 1.54) is 135 Å². The van der Waals surface area contributed by atoms with Gasteiger partial charge in [0.05, 0.1) is 27.7 Å². The molecule has 0 rings (SSSR count). The van der Waals surface area contributed by atoms with Gasteiger partial charge in [0, 0.05) is 12.8 Å². The molecule has 9 nitrogen and oxygen atoms in total. The smallest absolute Gasteiger partial charge is 0.306 e. The SMILES string of the molecule is CCCCC/C=C/C/C=C/CCCCCCCCCC(=O)O[C@@H](COC(=O)CCC/C=C/CC/C=C/CCCCCCCCCCCCCCCC)COP(=O)([O-])OCC[N+](C)(C)C. The molecule has 0 aromatic carbocycles. The summed E-state index contributed by atoms with van der Waals surface area (Å²) in [5.41, 5.74) is 0. The Kier molecular flexibility index (Phi) is 44.6. The highest BCUT2D eigenvalue weighted by Gasteiger charge is 2.21. The minimum atomic E-state index is -4.64. The number of hydrogen-bond donors (Lipinski definition) is 0. The first-order chi connectivity index (χ1) is 31.0. The lowest BCUT2D eigenvalue weighted by Gasteiger charge is -2.28. The maximum Gasteiger partial charge on any atom is 0.306 e. The Morgan fingerprint density at radius 2 is 0.875 bits per heavy atom. The number of nitrogens with zero attached hydrogens (tertiary/aromatic N) is 1. The predicted octanol–water partition coefficient (Wildman–Crippen LogP) is 15.2. The number of hydrogen-bond acceptors (Lipinski definition) is 8. The van der Waals surface area contributed by atoms with E-state index in [1.807, 2.05) is 21.1 Å². The average molecular weight is 922 g/mol. The van der Waals surface area contributed by atoms with Gasteiger partial charge >= 0.3 is 11.9 Å². The standard InChI is InChI=1S/C54H100NO8P/c1-6-8-10-12-14-16-18-20-22-24-25-26-27-28-29-31-32-34-36-38-40-42-44-46-53(56)60-50-52(51-62-64(58,59)61-49-48-55(3,4)5)63-54(57)47-45-43-41-39-37-35-33-30-23-21-19-17-15-13-11-9-7-2/h15,17,21,23,31-32,38,40,52H,6-14,16,18-20,22,24-30,33-37,39,41-51H2,1-5H3/b17-15+,23-21+,32-31+,40-38+/t52-/m0/s1. The number of phosphoric acid groups is 1. The highest BCUT2D eigenvalue weighted by atomic mass is 31.2. The summed E-state index contributed by atoms with van der Waals surface area (Å²) in [6.45, 7) is 4.18. The van der Waals surface area contributed by atoms with Gasteiger partial charge in [-0.05, 0) is 77.0 Å². The van der Waals surface area contributed by atoms with Gasteiger partial charge in [-0.15, -0.1) is 0 Å². The number of carbonyl (C=O) groups excluding carboxylic acids is 2. The summed E-state index contributed by atoms with van der Waals surface area (Å²) in [5.74, 6) is -0.888. The third-order valence-electron chi connectivity index (χ3n) is 11.3. The fraction of sp³-hybridized carbons (Fsp3) is 0.815. The Bertz CT molecular complexity index is 1230. The first kappa shape index (κ1) is 62.0. The molecule has 0 amide bonds. The summed E-state index contributed by atoms with van der Waals surface area (Å²) in [4.78, 5) is 37.7. The van der Waals surface area contributed by atoms with Crippen molar-refractivity contribution in [3.63, 3.8) is 0 Å². The highest BCUT2D eigenvalue weighted by Crippen LogP contribution is 2.38. The zero-order valence-electron chi connectivity index (χ0n) is 42.2. The number of allylic oxidation sites excluding steroid dienone is 8. The normalized spacial score (nSPS) is 13.8. The summed E-state index contributed by atoms with van der Waals surface area (Å²) < 4.78 is 34.0. The maximum atomic E-state index is 12.7. The molecule has 0 spiro atoms. The molecular formula is C54H100NO8P. The summed E-state index contributed by atoms with van der Waals surface area (Å²) in [6.07, 6.45) is 55.9. The van der Waals surface area contributed by atoms with Crippen LogP contribution in [-0.4, -0.2) is 70.0 Å². The van der Waals surface area contributed by atoms with Crippen LogP contribution in [-0.2, 0) is 32.7 Å². The van der Waals surface area contributed by atoms with E-state index in [1.54, 1.807) is 0 Å². The quantitative estimate of drug-likeness (QED) is 0.0195. The van der Waals surface area contributed by atoms with Gasteiger partial charge in [-0.1, -0.05) is 191 Å². The zero-order valence-corrected chi connectivity index (χ0v) is 43.1. The Balaban J connectivity index is 4.28. The molecule has 0 saturated heterocycles. The molecule has 0 N–H and O–H groups in total. The minimum Gasteiger partial charge on any atom is -0.756 e. The molecular weight excluding hydrogens is 822 g/mol. The highest BCUT2D eigenvalue weighted by molar-refractivity contribution is 7.45. The topological polar surface area (TPSA) is 111 Å². The predicted molar refractivity (Wildman–Crippen MR) is 268 cm³/mol. The lowest BCUT2D eigenvalue weighted by molar-refractivity contribution is -0.870. The van der Waals surface area contributed by atoms with Gasteiger partial charge in [0.1, 0.15) is 19.8 Å². The molecule has 0 aromatic rings. The van der Waals surface area contributed by atoms with Crippen LogP contribution in [0, 0.1) is 0 Å². The van der Waals surface area contributed by atoms with Crippen LogP contribution in [0.1, 0.15) is 232 Å². The Morgan fingerprint density at radius 1 is 0.484 bits per heavy atom. The number of rotatable bonds is 48. The molecule has 374 valence electrons. The van der Waals surface area contributed by atoms with Crippen molar-refractivity contribution in [2.75, 3.05) is 47.5 Å². The molecule has 0 heterocycles. The van der Waals surface area contributed by atoms with E-state index in [4.69, 9.17) is 18.5 Å². The molecule has 0 aromatic heterocycles. The van der Waals surface area contributed by atoms with Crippen molar-refractivity contribution in [3.8, 4) is 0 Å². The van der Waals surface area contributed by atoms with Crippen LogP contribution in [0.15, 0.2) is 48.6 Å². The van der Waals surface area contributed by atoms with E-state index in [0.717, 1.165) is 57.8 Å². The lowest BCUT2D eigenvalue weighted by Crippen LogP contribution is -2.37. The second-order valence-corrected chi connectivity index (χ2v) is 20.3. The lowest BCUT2D eigenvalue weighted by atomic mass is 10.0. The second kappa shape index (κ2) is 46.1. The van der Waals surface area contributed by atoms with Crippen LogP contribution >= 0.6 is 7.82 Å². The van der Waals surface area contributed by atoms with Crippen LogP contribution in [0.25, 0.3) is 0 Å². The first-order valence-electron chi connectivity index (χ1n) is 26.3. The van der Waals surface area contributed by atoms with E-state index in [0.29, 0.717) is 23.9 Å². The monoisotopic (exact) mass is 922 g/mol. The van der Waals surface area contributed by atoms with Gasteiger partial charge < -0.3 is 27.9 Å². The number of likely N-dealkylation sites (N-methyl/N-ethyl adjacent to an activating group) is 1. The van der Waals surface area contributed by atoms with Gasteiger partial charge in [0.2, 0.25) is 0 Å². The van der Waals surface area contributed by atoms with Gasteiger partial charge in [-0.2, -0.15) is 0 Å². The molecule has 10 heteroatoms. The molecule has 0 fully saturated rings. The fourth-order valence-electron chi connectivity index (χ4n) is 7.18. The van der Waals surface area contributed by atoms with Crippen LogP contribution in [0.5, 0.6) is 0 Å². The number of esters is 2. The number of quaternary nitrogens is 1. The van der Waals surface area contributed by atoms with Crippen LogP contribution in [0.3, 0.4) is 0 Å². The van der Waals surface area contributed by atoms with Crippen molar-refractivity contribution in [1.82, 2.24) is 0 Å². The molecule has 1 unspecified atom stereocenters. The molecule has 0 aliphatic heterocycles. The number of carbonyl (C=O) groups is 2. The first-order valence-corrected chi connectivity index (χ1v) is 27.8. The van der Waals surface area contributed by atoms with E-state index >= 15 is 0 Å². The second-order valence-electron chi connectivity index (χ2n) is 18.9. The number of ether oxygens (including phenoxy) is 2. The van der Waals surface area contributed by atoms with Gasteiger partial charge in [-0.3, -0.25) is 14.2 Å². The molecule has 0 saturated carbocycles. The summed E-state index contributed by atoms with van der Waals surface area (Å²) in [5, 5.41) is 0. The van der Waals surface area contributed by atoms with E-state index in [9.17, 15) is 19.0 Å². The van der Waals surface area contributed by atoms with Gasteiger partial charge in [0.25, 0.3) is 7.82 Å². The third-order valence-corrected chi connectivity index (χ3v) is 12.3. The van der Waals surface area contributed by atoms with Crippen molar-refractivity contribution in [1.29, 1.82) is 0 Å². The molecule has 2 atom stereocenters. The Labute approximate surface area is 394 Å². The van der Waals surface area contributed by atoms with Crippen molar-refractivity contribution in [2.45, 2.75) is 238 Å². The molecule has 0 radical (unpaired) electrons. The van der Waals surface area contributed by atoms with Gasteiger partial charge in [-0.25, -0.2) is 0 Å². The van der Waals surface area contributed by atoms with E-state index < -0.39 is 32.5 Å². The van der Waals surface area contributed by atoms with Gasteiger partial charge in [0.15, 0.2) is 6.10 Å². The van der Waals surface area contributed by atoms with E-state index in [-0.39, 0.29) is 26.1 Å². The summed E-state index contributed by atoms with van der Waals surface area (Å²) in [6, 6.07) is 0. The Morgan fingerprint density at radius 3 is 1.38 bits per heavy atom. The molecule has 64 heavy (non-hydrogen) atoms. The van der Waals surface area contributed by atoms with Crippen LogP contribution < -0.4 is 4.89 Å². The summed E-state index contributed by atoms with van der Waals surface area (Å²) in [7, 11) is 1.14. The van der Waals surface area contributed by atoms with Crippen molar-refractivity contribution >= 4 is 19.8 Å². The average Bonchev–Trinajstić information content (AvgIpc) is 3.25. The number of phosphoric ester groups is 1. The number of unbranched alkanes of at least 4 members (excludes halogenated alkanes) is 26. The van der Waals surface area contributed by atoms with Crippen LogP contribution in [0.4, 0.5) is 0 Å². The van der Waals surface area contributed by atoms with Crippen molar-refractivity contribution < 1.29 is 42.1 Å². The third kappa shape index (κ3) is 49.4. The summed E-state index contributed by atoms with van der Waals surface area (Å²) >= 11 is 0. The molecule has 0 aliphatic rings. The fourth-order valence-corrected chi connectivity index (χ4v) is 7.91.